The molecule has 2 amide bonds. The molecule has 1 fully saturated rings. The number of amides is 2. The Morgan fingerprint density at radius 2 is 2.06 bits per heavy atom. The molecular formula is C20H27ClN5NaO4S. The maximum absolute atomic E-state index is 13.1. The molecule has 0 spiro atoms. The van der Waals surface area contributed by atoms with Crippen molar-refractivity contribution in [2.45, 2.75) is 45.1 Å². The average molecular weight is 492 g/mol. The first-order valence-corrected chi connectivity index (χ1v) is 11.9. The van der Waals surface area contributed by atoms with E-state index in [2.05, 4.69) is 22.1 Å². The van der Waals surface area contributed by atoms with Gasteiger partial charge in [0.1, 0.15) is 0 Å². The molecule has 1 aliphatic heterocycles. The zero-order valence-corrected chi connectivity index (χ0v) is 22.4. The molecule has 1 aliphatic rings. The van der Waals surface area contributed by atoms with Crippen LogP contribution in [0.25, 0.3) is 4.72 Å². The third-order valence-electron chi connectivity index (χ3n) is 5.27. The number of benzene rings is 1. The number of anilines is 2. The van der Waals surface area contributed by atoms with Crippen molar-refractivity contribution in [3.63, 3.8) is 0 Å². The quantitative estimate of drug-likeness (QED) is 0.589. The molecule has 1 N–H and O–H groups in total. The molecule has 1 aromatic carbocycles. The second kappa shape index (κ2) is 11.7. The number of hydrogen-bond donors (Lipinski definition) is 1. The molecular weight excluding hydrogens is 465 g/mol. The molecule has 3 rings (SSSR count). The number of carbonyl (C=O) groups excluding carboxylic acids is 1. The monoisotopic (exact) mass is 491 g/mol. The zero-order valence-electron chi connectivity index (χ0n) is 18.8. The fourth-order valence-electron chi connectivity index (χ4n) is 3.47. The van der Waals surface area contributed by atoms with Gasteiger partial charge in [-0.1, -0.05) is 31.5 Å². The van der Waals surface area contributed by atoms with E-state index in [0.717, 1.165) is 16.3 Å². The molecule has 2 aromatic rings. The summed E-state index contributed by atoms with van der Waals surface area (Å²) in [5, 5.41) is 7.04. The Labute approximate surface area is 216 Å². The average Bonchev–Trinajstić information content (AvgIpc) is 3.12. The Hall–Kier alpha value is -1.30. The van der Waals surface area contributed by atoms with Crippen LogP contribution in [0.1, 0.15) is 44.6 Å². The van der Waals surface area contributed by atoms with Crippen molar-refractivity contribution in [1.82, 2.24) is 9.78 Å². The Kier molecular flexibility index (Phi) is 9.86. The van der Waals surface area contributed by atoms with Crippen LogP contribution >= 0.6 is 11.6 Å². The number of rotatable bonds is 7. The number of halogens is 1. The molecule has 0 saturated carbocycles. The van der Waals surface area contributed by atoms with Gasteiger partial charge in [0.25, 0.3) is 10.2 Å². The van der Waals surface area contributed by atoms with Crippen LogP contribution in [0.4, 0.5) is 16.2 Å². The number of nitrogens with zero attached hydrogens (tertiary/aromatic N) is 4. The van der Waals surface area contributed by atoms with Gasteiger partial charge < -0.3 is 14.8 Å². The predicted octanol–water partition coefficient (Wildman–Crippen LogP) is 1.43. The van der Waals surface area contributed by atoms with Gasteiger partial charge in [-0.2, -0.15) is 5.10 Å². The minimum Gasteiger partial charge on any atom is -0.423 e. The van der Waals surface area contributed by atoms with Gasteiger partial charge in [-0.15, -0.1) is 0 Å². The Bertz CT molecular complexity index is 1030. The SMILES string of the molecule is CCC(C)c1cc(Cl)cc(NC(=O)[N-]S(=O)(=O)N(c2cnn(C)c2)C2CCOCC2)c1.[Na+]. The van der Waals surface area contributed by atoms with Crippen LogP contribution in [0.5, 0.6) is 0 Å². The maximum Gasteiger partial charge on any atom is 1.00 e. The van der Waals surface area contributed by atoms with Gasteiger partial charge in [-0.25, -0.2) is 8.42 Å². The van der Waals surface area contributed by atoms with Crippen molar-refractivity contribution in [3.05, 3.63) is 45.9 Å². The van der Waals surface area contributed by atoms with E-state index < -0.39 is 16.2 Å². The minimum absolute atomic E-state index is 0. The van der Waals surface area contributed by atoms with E-state index >= 15 is 0 Å². The molecule has 32 heavy (non-hydrogen) atoms. The first kappa shape index (κ1) is 26.9. The van der Waals surface area contributed by atoms with Crippen LogP contribution in [0, 0.1) is 0 Å². The van der Waals surface area contributed by atoms with Crippen LogP contribution in [0.15, 0.2) is 30.6 Å². The minimum atomic E-state index is -4.32. The fourth-order valence-corrected chi connectivity index (χ4v) is 5.01. The third-order valence-corrected chi connectivity index (χ3v) is 6.89. The maximum atomic E-state index is 13.1. The van der Waals surface area contributed by atoms with E-state index in [-0.39, 0.29) is 41.5 Å². The summed E-state index contributed by atoms with van der Waals surface area (Å²) >= 11 is 6.17. The molecule has 12 heteroatoms. The van der Waals surface area contributed by atoms with E-state index in [4.69, 9.17) is 16.3 Å². The molecule has 2 heterocycles. The summed E-state index contributed by atoms with van der Waals surface area (Å²) in [5.41, 5.74) is 1.70. The van der Waals surface area contributed by atoms with Gasteiger partial charge in [-0.3, -0.25) is 13.8 Å². The second-order valence-corrected chi connectivity index (χ2v) is 9.50. The van der Waals surface area contributed by atoms with Crippen LogP contribution in [0.3, 0.4) is 0 Å². The van der Waals surface area contributed by atoms with Gasteiger partial charge in [-0.05, 0) is 48.6 Å². The Morgan fingerprint density at radius 1 is 1.38 bits per heavy atom. The van der Waals surface area contributed by atoms with Crippen LogP contribution in [0.2, 0.25) is 5.02 Å². The van der Waals surface area contributed by atoms with E-state index in [9.17, 15) is 13.2 Å². The van der Waals surface area contributed by atoms with Crippen LogP contribution < -0.4 is 39.2 Å². The van der Waals surface area contributed by atoms with Gasteiger partial charge in [0.2, 0.25) is 0 Å². The van der Waals surface area contributed by atoms with Gasteiger partial charge in [0.15, 0.2) is 6.03 Å². The topological polar surface area (TPSA) is 108 Å². The summed E-state index contributed by atoms with van der Waals surface area (Å²) in [6.07, 6.45) is 4.92. The predicted molar refractivity (Wildman–Crippen MR) is 121 cm³/mol. The molecule has 0 aliphatic carbocycles. The molecule has 1 atom stereocenters. The van der Waals surface area contributed by atoms with Crippen molar-refractivity contribution < 1.29 is 47.5 Å². The van der Waals surface area contributed by atoms with Crippen LogP contribution in [-0.4, -0.2) is 43.5 Å². The number of urea groups is 1. The number of carbonyl (C=O) groups is 1. The molecule has 1 aromatic heterocycles. The van der Waals surface area contributed by atoms with Crippen LogP contribution in [-0.2, 0) is 22.0 Å². The van der Waals surface area contributed by atoms with Crippen molar-refractivity contribution in [3.8, 4) is 0 Å². The normalized spacial score (nSPS) is 15.5. The zero-order chi connectivity index (χ0) is 22.6. The van der Waals surface area contributed by atoms with E-state index in [0.29, 0.717) is 42.5 Å². The number of ether oxygens (including phenoxy) is 1. The molecule has 1 unspecified atom stereocenters. The second-order valence-electron chi connectivity index (χ2n) is 7.59. The third kappa shape index (κ3) is 6.85. The van der Waals surface area contributed by atoms with Crippen molar-refractivity contribution in [2.24, 2.45) is 7.05 Å². The summed E-state index contributed by atoms with van der Waals surface area (Å²) in [6, 6.07) is 3.80. The van der Waals surface area contributed by atoms with E-state index in [1.807, 2.05) is 13.0 Å². The standard InChI is InChI=1S/C20H28ClN5O4S.Na/c1-4-14(2)15-9-16(21)11-17(10-15)23-20(27)24-31(28,29)26(18-5-7-30-8-6-18)19-12-22-25(3)13-19;/h9-14,18H,4-8H2,1-3H3,(H2,23,24,27);/q;+1/p-1. The summed E-state index contributed by atoms with van der Waals surface area (Å²) in [7, 11) is -2.63. The molecule has 0 radical (unpaired) electrons. The first-order valence-electron chi connectivity index (χ1n) is 10.1. The smallest absolute Gasteiger partial charge is 0.423 e. The summed E-state index contributed by atoms with van der Waals surface area (Å²) in [4.78, 5) is 12.5. The first-order chi connectivity index (χ1) is 14.7. The van der Waals surface area contributed by atoms with Crippen molar-refractivity contribution >= 4 is 39.2 Å². The summed E-state index contributed by atoms with van der Waals surface area (Å²) in [6.45, 7) is 4.97. The van der Waals surface area contributed by atoms with Gasteiger partial charge >= 0.3 is 29.6 Å². The van der Waals surface area contributed by atoms with Gasteiger partial charge in [0.05, 0.1) is 11.9 Å². The van der Waals surface area contributed by atoms with Crippen molar-refractivity contribution in [1.29, 1.82) is 0 Å². The molecule has 1 saturated heterocycles. The molecule has 9 nitrogen and oxygen atoms in total. The number of aromatic nitrogens is 2. The van der Waals surface area contributed by atoms with Crippen molar-refractivity contribution in [2.75, 3.05) is 22.8 Å². The van der Waals surface area contributed by atoms with Gasteiger partial charge in [0, 0.05) is 37.5 Å². The fraction of sp³-hybridized carbons (Fsp3) is 0.500. The summed E-state index contributed by atoms with van der Waals surface area (Å²) in [5.74, 6) is 0.240. The number of nitrogens with one attached hydrogen (secondary N) is 1. The Balaban J connectivity index is 0.00000363. The number of aryl methyl sites for hydroxylation is 1. The van der Waals surface area contributed by atoms with E-state index in [1.54, 1.807) is 25.4 Å². The molecule has 170 valence electrons. The van der Waals surface area contributed by atoms with E-state index in [1.165, 1.54) is 10.9 Å². The largest absolute Gasteiger partial charge is 1.00 e. The Morgan fingerprint density at radius 3 is 2.66 bits per heavy atom. The summed E-state index contributed by atoms with van der Waals surface area (Å²) < 4.78 is 37.8. The molecule has 0 bridgehead atoms. The number of hydrogen-bond acceptors (Lipinski definition) is 5.